The lowest BCUT2D eigenvalue weighted by Crippen LogP contribution is -2.27. The van der Waals surface area contributed by atoms with Gasteiger partial charge in [-0.05, 0) is 41.5 Å². The lowest BCUT2D eigenvalue weighted by Gasteiger charge is -2.06. The summed E-state index contributed by atoms with van der Waals surface area (Å²) in [5.74, 6) is -0.314. The van der Waals surface area contributed by atoms with Gasteiger partial charge in [-0.3, -0.25) is 4.79 Å². The maximum atomic E-state index is 13.7. The van der Waals surface area contributed by atoms with Crippen LogP contribution in [0.2, 0.25) is 0 Å². The van der Waals surface area contributed by atoms with Crippen molar-refractivity contribution in [2.24, 2.45) is 5.92 Å². The monoisotopic (exact) mass is 313 g/mol. The molecule has 0 aliphatic heterocycles. The van der Waals surface area contributed by atoms with Gasteiger partial charge in [0.2, 0.25) is 5.91 Å². The van der Waals surface area contributed by atoms with Crippen LogP contribution < -0.4 is 5.32 Å². The number of hydrogen-bond donors (Lipinski definition) is 2. The van der Waals surface area contributed by atoms with Crippen molar-refractivity contribution in [3.63, 3.8) is 0 Å². The lowest BCUT2D eigenvalue weighted by atomic mass is 10.1. The van der Waals surface area contributed by atoms with Crippen LogP contribution in [0.25, 0.3) is 0 Å². The van der Waals surface area contributed by atoms with Crippen LogP contribution in [0.3, 0.4) is 0 Å². The van der Waals surface area contributed by atoms with Crippen LogP contribution >= 0.6 is 0 Å². The average Bonchev–Trinajstić information content (AvgIpc) is 3.36. The molecule has 0 radical (unpaired) electrons. The van der Waals surface area contributed by atoms with E-state index in [1.807, 2.05) is 30.3 Å². The summed E-state index contributed by atoms with van der Waals surface area (Å²) < 4.78 is 13.7. The van der Waals surface area contributed by atoms with Crippen molar-refractivity contribution >= 4 is 5.91 Å². The maximum absolute atomic E-state index is 13.7. The molecule has 4 heteroatoms. The van der Waals surface area contributed by atoms with E-state index < -0.39 is 0 Å². The molecule has 2 aromatic rings. The summed E-state index contributed by atoms with van der Waals surface area (Å²) in [6.45, 7) is 0.605. The predicted octanol–water partition coefficient (Wildman–Crippen LogP) is 2.78. The molecule has 0 aromatic heterocycles. The molecule has 2 aromatic carbocycles. The van der Waals surface area contributed by atoms with Gasteiger partial charge in [0.15, 0.2) is 0 Å². The topological polar surface area (TPSA) is 49.3 Å². The van der Waals surface area contributed by atoms with Crippen LogP contribution in [0.4, 0.5) is 4.39 Å². The molecule has 120 valence electrons. The summed E-state index contributed by atoms with van der Waals surface area (Å²) in [6, 6.07) is 14.3. The highest BCUT2D eigenvalue weighted by atomic mass is 19.1. The van der Waals surface area contributed by atoms with Crippen molar-refractivity contribution in [2.45, 2.75) is 25.4 Å². The molecule has 2 atom stereocenters. The Bertz CT molecular complexity index is 684. The average molecular weight is 313 g/mol. The molecule has 0 heterocycles. The number of halogens is 1. The van der Waals surface area contributed by atoms with E-state index in [2.05, 4.69) is 5.32 Å². The Morgan fingerprint density at radius 2 is 1.83 bits per heavy atom. The van der Waals surface area contributed by atoms with Crippen LogP contribution in [0, 0.1) is 11.7 Å². The number of nitrogens with one attached hydrogen (secondary N) is 1. The van der Waals surface area contributed by atoms with Crippen molar-refractivity contribution in [3.05, 3.63) is 71.0 Å². The van der Waals surface area contributed by atoms with E-state index in [1.54, 1.807) is 12.1 Å². The molecule has 2 N–H and O–H groups in total. The normalized spacial score (nSPS) is 19.4. The smallest absolute Gasteiger partial charge is 0.223 e. The summed E-state index contributed by atoms with van der Waals surface area (Å²) in [4.78, 5) is 12.1. The van der Waals surface area contributed by atoms with Gasteiger partial charge >= 0.3 is 0 Å². The van der Waals surface area contributed by atoms with Crippen LogP contribution in [0.1, 0.15) is 29.0 Å². The number of aliphatic hydroxyl groups is 1. The fraction of sp³-hybridized carbons (Fsp3) is 0.316. The third-order valence-corrected chi connectivity index (χ3v) is 4.35. The Kier molecular flexibility index (Phi) is 4.72. The summed E-state index contributed by atoms with van der Waals surface area (Å²) >= 11 is 0. The Morgan fingerprint density at radius 1 is 1.13 bits per heavy atom. The molecule has 3 rings (SSSR count). The second-order valence-electron chi connectivity index (χ2n) is 5.99. The zero-order chi connectivity index (χ0) is 16.2. The van der Waals surface area contributed by atoms with Gasteiger partial charge in [0.1, 0.15) is 5.82 Å². The highest BCUT2D eigenvalue weighted by Gasteiger charge is 2.44. The first-order chi connectivity index (χ1) is 11.2. The zero-order valence-corrected chi connectivity index (χ0v) is 12.8. The number of benzene rings is 2. The number of hydrogen-bond acceptors (Lipinski definition) is 2. The van der Waals surface area contributed by atoms with Crippen molar-refractivity contribution < 1.29 is 14.3 Å². The van der Waals surface area contributed by atoms with Crippen molar-refractivity contribution in [3.8, 4) is 0 Å². The van der Waals surface area contributed by atoms with Gasteiger partial charge in [0.05, 0.1) is 6.61 Å². The minimum Gasteiger partial charge on any atom is -0.392 e. The minimum absolute atomic E-state index is 0.00484. The number of amides is 1. The predicted molar refractivity (Wildman–Crippen MR) is 86.3 cm³/mol. The van der Waals surface area contributed by atoms with E-state index in [1.165, 1.54) is 6.07 Å². The lowest BCUT2D eigenvalue weighted by molar-refractivity contribution is -0.122. The van der Waals surface area contributed by atoms with E-state index in [0.29, 0.717) is 12.1 Å². The van der Waals surface area contributed by atoms with Gasteiger partial charge in [-0.15, -0.1) is 0 Å². The van der Waals surface area contributed by atoms with Crippen LogP contribution in [-0.4, -0.2) is 17.6 Å². The summed E-state index contributed by atoms with van der Waals surface area (Å²) in [6.07, 6.45) is 1.46. The second-order valence-corrected chi connectivity index (χ2v) is 5.99. The van der Waals surface area contributed by atoms with E-state index in [4.69, 9.17) is 5.11 Å². The molecule has 1 saturated carbocycles. The fourth-order valence-corrected chi connectivity index (χ4v) is 2.88. The van der Waals surface area contributed by atoms with Gasteiger partial charge in [-0.2, -0.15) is 0 Å². The van der Waals surface area contributed by atoms with E-state index >= 15 is 0 Å². The SMILES string of the molecule is O=C(NCCc1ccc(CO)cc1)C1CC1c1ccccc1F. The van der Waals surface area contributed by atoms with Crippen LogP contribution in [0.5, 0.6) is 0 Å². The first-order valence-corrected chi connectivity index (χ1v) is 7.90. The number of rotatable bonds is 6. The summed E-state index contributed by atoms with van der Waals surface area (Å²) in [5.41, 5.74) is 2.64. The Hall–Kier alpha value is -2.20. The van der Waals surface area contributed by atoms with E-state index in [9.17, 15) is 9.18 Å². The van der Waals surface area contributed by atoms with Crippen LogP contribution in [-0.2, 0) is 17.8 Å². The molecule has 1 fully saturated rings. The Balaban J connectivity index is 1.46. The molecular weight excluding hydrogens is 293 g/mol. The molecule has 0 spiro atoms. The quantitative estimate of drug-likeness (QED) is 0.861. The minimum atomic E-state index is -0.225. The molecule has 1 aliphatic carbocycles. The van der Waals surface area contributed by atoms with Crippen LogP contribution in [0.15, 0.2) is 48.5 Å². The summed E-state index contributed by atoms with van der Waals surface area (Å²) in [7, 11) is 0. The molecule has 2 unspecified atom stereocenters. The van der Waals surface area contributed by atoms with Gasteiger partial charge in [-0.25, -0.2) is 4.39 Å². The third kappa shape index (κ3) is 3.77. The number of carbonyl (C=O) groups is 1. The van der Waals surface area contributed by atoms with Gasteiger partial charge in [0.25, 0.3) is 0 Å². The number of aliphatic hydroxyl groups excluding tert-OH is 1. The number of carbonyl (C=O) groups excluding carboxylic acids is 1. The third-order valence-electron chi connectivity index (χ3n) is 4.35. The van der Waals surface area contributed by atoms with Gasteiger partial charge in [0, 0.05) is 12.5 Å². The first-order valence-electron chi connectivity index (χ1n) is 7.90. The highest BCUT2D eigenvalue weighted by Crippen LogP contribution is 2.48. The zero-order valence-electron chi connectivity index (χ0n) is 12.8. The van der Waals surface area contributed by atoms with Crippen molar-refractivity contribution in [2.75, 3.05) is 6.54 Å². The summed E-state index contributed by atoms with van der Waals surface area (Å²) in [5, 5.41) is 11.9. The molecule has 3 nitrogen and oxygen atoms in total. The molecule has 23 heavy (non-hydrogen) atoms. The molecule has 1 amide bonds. The Morgan fingerprint density at radius 3 is 2.52 bits per heavy atom. The second kappa shape index (κ2) is 6.92. The fourth-order valence-electron chi connectivity index (χ4n) is 2.88. The molecule has 1 aliphatic rings. The van der Waals surface area contributed by atoms with E-state index in [0.717, 1.165) is 24.0 Å². The molecule has 0 bridgehead atoms. The van der Waals surface area contributed by atoms with Crippen molar-refractivity contribution in [1.29, 1.82) is 0 Å². The van der Waals surface area contributed by atoms with Gasteiger partial charge < -0.3 is 10.4 Å². The van der Waals surface area contributed by atoms with Crippen molar-refractivity contribution in [1.82, 2.24) is 5.32 Å². The standard InChI is InChI=1S/C19H20FNO2/c20-18-4-2-1-3-15(18)16-11-17(16)19(23)21-10-9-13-5-7-14(12-22)8-6-13/h1-8,16-17,22H,9-12H2,(H,21,23). The molecular formula is C19H20FNO2. The first kappa shape index (κ1) is 15.7. The molecule has 0 saturated heterocycles. The maximum Gasteiger partial charge on any atom is 0.223 e. The van der Waals surface area contributed by atoms with Gasteiger partial charge in [-0.1, -0.05) is 42.5 Å². The Labute approximate surface area is 135 Å². The highest BCUT2D eigenvalue weighted by molar-refractivity contribution is 5.82. The largest absolute Gasteiger partial charge is 0.392 e. The van der Waals surface area contributed by atoms with E-state index in [-0.39, 0.29) is 30.2 Å².